The zero-order chi connectivity index (χ0) is 39.9. The number of hydrogen-bond acceptors (Lipinski definition) is 6. The standard InChI is InChI=1S/C45H80NO7P/c1-6-8-10-12-14-16-18-20-21-22-23-24-25-26-27-29-31-33-35-37-40-50-42-44(43-52-54(48,49)51-41-39-46(3,4)5)53-45(47)38-36-34-32-30-28-19-17-15-13-11-9-7-2/h8,10,14,16,20-21,23-24,26-27,31,33,44H,6-7,9,11-13,15,17-19,22,25,28-30,32,34-43H2,1-5H3/p+1/b10-8-,16-14-,21-20-,24-23-,27-26-,33-31-. The Hall–Kier alpha value is -2.06. The van der Waals surface area contributed by atoms with Crippen molar-refractivity contribution in [1.29, 1.82) is 0 Å². The van der Waals surface area contributed by atoms with Crippen molar-refractivity contribution in [3.05, 3.63) is 72.9 Å². The highest BCUT2D eigenvalue weighted by molar-refractivity contribution is 7.47. The minimum Gasteiger partial charge on any atom is -0.457 e. The number of hydrogen-bond donors (Lipinski definition) is 1. The molecule has 8 nitrogen and oxygen atoms in total. The second-order valence-electron chi connectivity index (χ2n) is 15.0. The summed E-state index contributed by atoms with van der Waals surface area (Å²) in [5, 5.41) is 0. The molecule has 0 bridgehead atoms. The third kappa shape index (κ3) is 41.1. The van der Waals surface area contributed by atoms with Crippen LogP contribution in [0.15, 0.2) is 72.9 Å². The summed E-state index contributed by atoms with van der Waals surface area (Å²) in [6.07, 6.45) is 48.0. The Morgan fingerprint density at radius 1 is 0.593 bits per heavy atom. The molecule has 1 N–H and O–H groups in total. The number of phosphoric ester groups is 1. The number of ether oxygens (including phenoxy) is 2. The Morgan fingerprint density at radius 3 is 1.54 bits per heavy atom. The van der Waals surface area contributed by atoms with Crippen molar-refractivity contribution in [2.45, 2.75) is 155 Å². The first-order valence-corrected chi connectivity index (χ1v) is 22.7. The summed E-state index contributed by atoms with van der Waals surface area (Å²) < 4.78 is 34.8. The van der Waals surface area contributed by atoms with Crippen molar-refractivity contribution in [3.63, 3.8) is 0 Å². The van der Waals surface area contributed by atoms with Crippen LogP contribution in [0.5, 0.6) is 0 Å². The van der Waals surface area contributed by atoms with Gasteiger partial charge in [-0.05, 0) is 57.8 Å². The van der Waals surface area contributed by atoms with Gasteiger partial charge in [-0.1, -0.05) is 157 Å². The van der Waals surface area contributed by atoms with E-state index in [9.17, 15) is 14.3 Å². The molecule has 0 aromatic carbocycles. The molecule has 0 saturated carbocycles. The van der Waals surface area contributed by atoms with Crippen LogP contribution in [0.3, 0.4) is 0 Å². The van der Waals surface area contributed by atoms with Crippen LogP contribution < -0.4 is 0 Å². The Balaban J connectivity index is 4.36. The van der Waals surface area contributed by atoms with Crippen molar-refractivity contribution >= 4 is 13.8 Å². The SMILES string of the molecule is CC/C=C\C/C=C\C/C=C\C/C=C\C/C=C\C/C=C\CCCOCC(COP(=O)(O)OCC[N+](C)(C)C)OC(=O)CCCCCCCCCCCCCC. The lowest BCUT2D eigenvalue weighted by atomic mass is 10.0. The number of esters is 1. The first-order chi connectivity index (χ1) is 26.1. The number of carbonyl (C=O) groups is 1. The number of unbranched alkanes of at least 4 members (excludes halogenated alkanes) is 12. The zero-order valence-electron chi connectivity index (χ0n) is 35.2. The molecule has 0 heterocycles. The lowest BCUT2D eigenvalue weighted by Gasteiger charge is -2.24. The molecule has 9 heteroatoms. The van der Waals surface area contributed by atoms with Crippen molar-refractivity contribution in [1.82, 2.24) is 0 Å². The van der Waals surface area contributed by atoms with Crippen molar-refractivity contribution in [2.75, 3.05) is 54.1 Å². The van der Waals surface area contributed by atoms with E-state index in [1.54, 1.807) is 0 Å². The quantitative estimate of drug-likeness (QED) is 0.0219. The summed E-state index contributed by atoms with van der Waals surface area (Å²) >= 11 is 0. The normalized spacial score (nSPS) is 14.6. The van der Waals surface area contributed by atoms with Gasteiger partial charge < -0.3 is 18.9 Å². The molecule has 54 heavy (non-hydrogen) atoms. The first kappa shape index (κ1) is 51.9. The highest BCUT2D eigenvalue weighted by Crippen LogP contribution is 2.43. The van der Waals surface area contributed by atoms with Gasteiger partial charge in [0.05, 0.1) is 34.4 Å². The summed E-state index contributed by atoms with van der Waals surface area (Å²) in [7, 11) is 1.62. The monoisotopic (exact) mass is 779 g/mol. The predicted octanol–water partition coefficient (Wildman–Crippen LogP) is 12.3. The first-order valence-electron chi connectivity index (χ1n) is 21.2. The summed E-state index contributed by atoms with van der Waals surface area (Å²) in [5.41, 5.74) is 0. The molecule has 312 valence electrons. The summed E-state index contributed by atoms with van der Waals surface area (Å²) in [6, 6.07) is 0. The minimum absolute atomic E-state index is 0.0752. The van der Waals surface area contributed by atoms with Crippen LogP contribution in [0.25, 0.3) is 0 Å². The fourth-order valence-corrected chi connectivity index (χ4v) is 6.02. The molecule has 0 rings (SSSR count). The molecule has 0 radical (unpaired) electrons. The van der Waals surface area contributed by atoms with E-state index < -0.39 is 13.9 Å². The Labute approximate surface area is 332 Å². The van der Waals surface area contributed by atoms with Gasteiger partial charge in [0.15, 0.2) is 0 Å². The number of allylic oxidation sites excluding steroid dienone is 12. The van der Waals surface area contributed by atoms with Gasteiger partial charge in [-0.2, -0.15) is 0 Å². The van der Waals surface area contributed by atoms with Crippen LogP contribution in [0.2, 0.25) is 0 Å². The van der Waals surface area contributed by atoms with E-state index in [2.05, 4.69) is 86.8 Å². The fraction of sp³-hybridized carbons (Fsp3) is 0.711. The lowest BCUT2D eigenvalue weighted by molar-refractivity contribution is -0.870. The number of nitrogens with zero attached hydrogens (tertiary/aromatic N) is 1. The van der Waals surface area contributed by atoms with Crippen molar-refractivity contribution in [2.24, 2.45) is 0 Å². The molecule has 0 aliphatic rings. The second-order valence-corrected chi connectivity index (χ2v) is 16.4. The maximum absolute atomic E-state index is 12.6. The molecular weight excluding hydrogens is 697 g/mol. The Kier molecular flexibility index (Phi) is 36.4. The van der Waals surface area contributed by atoms with E-state index in [-0.39, 0.29) is 25.8 Å². The van der Waals surface area contributed by atoms with Gasteiger partial charge in [-0.3, -0.25) is 13.8 Å². The van der Waals surface area contributed by atoms with E-state index in [1.165, 1.54) is 57.8 Å². The number of phosphoric acid groups is 1. The van der Waals surface area contributed by atoms with Gasteiger partial charge in [0.2, 0.25) is 0 Å². The number of rotatable bonds is 38. The minimum atomic E-state index is -4.29. The van der Waals surface area contributed by atoms with Gasteiger partial charge in [0.1, 0.15) is 19.3 Å². The largest absolute Gasteiger partial charge is 0.472 e. The van der Waals surface area contributed by atoms with Crippen molar-refractivity contribution in [3.8, 4) is 0 Å². The average Bonchev–Trinajstić information content (AvgIpc) is 3.12. The van der Waals surface area contributed by atoms with Crippen LogP contribution in [0.4, 0.5) is 0 Å². The van der Waals surface area contributed by atoms with E-state index in [0.717, 1.165) is 70.6 Å². The molecule has 0 aromatic heterocycles. The maximum Gasteiger partial charge on any atom is 0.472 e. The molecule has 2 unspecified atom stereocenters. The summed E-state index contributed by atoms with van der Waals surface area (Å²) in [5.74, 6) is -0.337. The molecule has 0 aromatic rings. The smallest absolute Gasteiger partial charge is 0.457 e. The van der Waals surface area contributed by atoms with Crippen LogP contribution in [0.1, 0.15) is 149 Å². The van der Waals surface area contributed by atoms with Gasteiger partial charge in [-0.25, -0.2) is 4.57 Å². The van der Waals surface area contributed by atoms with Gasteiger partial charge >= 0.3 is 13.8 Å². The third-order valence-corrected chi connectivity index (χ3v) is 9.52. The summed E-state index contributed by atoms with van der Waals surface area (Å²) in [4.78, 5) is 22.8. The van der Waals surface area contributed by atoms with Gasteiger partial charge in [-0.15, -0.1) is 0 Å². The molecular formula is C45H81NO7P+. The second kappa shape index (κ2) is 37.8. The van der Waals surface area contributed by atoms with Gasteiger partial charge in [0, 0.05) is 13.0 Å². The third-order valence-electron chi connectivity index (χ3n) is 8.53. The summed E-state index contributed by atoms with van der Waals surface area (Å²) in [6.45, 7) is 5.33. The molecule has 0 amide bonds. The van der Waals surface area contributed by atoms with Crippen LogP contribution in [0, 0.1) is 0 Å². The Bertz CT molecular complexity index is 1090. The molecule has 2 atom stereocenters. The fourth-order valence-electron chi connectivity index (χ4n) is 5.27. The molecule has 0 saturated heterocycles. The van der Waals surface area contributed by atoms with Crippen LogP contribution in [-0.2, 0) is 27.9 Å². The highest BCUT2D eigenvalue weighted by atomic mass is 31.2. The van der Waals surface area contributed by atoms with Crippen molar-refractivity contribution < 1.29 is 37.3 Å². The Morgan fingerprint density at radius 2 is 1.06 bits per heavy atom. The topological polar surface area (TPSA) is 91.3 Å². The number of carbonyl (C=O) groups excluding carboxylic acids is 1. The van der Waals surface area contributed by atoms with E-state index in [0.29, 0.717) is 24.1 Å². The number of quaternary nitrogens is 1. The van der Waals surface area contributed by atoms with E-state index >= 15 is 0 Å². The zero-order valence-corrected chi connectivity index (χ0v) is 36.1. The number of likely N-dealkylation sites (N-methyl/N-ethyl adjacent to an activating group) is 1. The van der Waals surface area contributed by atoms with Crippen LogP contribution in [-0.4, -0.2) is 75.6 Å². The highest BCUT2D eigenvalue weighted by Gasteiger charge is 2.26. The molecule has 0 aliphatic carbocycles. The average molecular weight is 779 g/mol. The van der Waals surface area contributed by atoms with E-state index in [4.69, 9.17) is 18.5 Å². The van der Waals surface area contributed by atoms with Crippen LogP contribution >= 0.6 is 7.82 Å². The maximum atomic E-state index is 12.6. The lowest BCUT2D eigenvalue weighted by Crippen LogP contribution is -2.37. The van der Waals surface area contributed by atoms with Gasteiger partial charge in [0.25, 0.3) is 0 Å². The molecule has 0 fully saturated rings. The predicted molar refractivity (Wildman–Crippen MR) is 228 cm³/mol. The molecule has 0 aliphatic heterocycles. The van der Waals surface area contributed by atoms with E-state index in [1.807, 2.05) is 21.1 Å². The molecule has 0 spiro atoms.